The first-order chi connectivity index (χ1) is 12.5. The molecule has 0 aliphatic rings. The van der Waals surface area contributed by atoms with Crippen LogP contribution in [0.15, 0.2) is 54.6 Å². The maximum Gasteiger partial charge on any atom is 0.225 e. The average molecular weight is 354 g/mol. The fraction of sp³-hybridized carbons (Fsp3) is 0.200. The van der Waals surface area contributed by atoms with Gasteiger partial charge in [-0.25, -0.2) is 13.8 Å². The van der Waals surface area contributed by atoms with Crippen molar-refractivity contribution in [3.8, 4) is 11.3 Å². The first kappa shape index (κ1) is 17.8. The highest BCUT2D eigenvalue weighted by molar-refractivity contribution is 5.67. The van der Waals surface area contributed by atoms with Gasteiger partial charge >= 0.3 is 0 Å². The molecule has 0 saturated heterocycles. The summed E-state index contributed by atoms with van der Waals surface area (Å²) in [5, 5.41) is 6.07. The lowest BCUT2D eigenvalue weighted by molar-refractivity contribution is 0.603. The predicted octanol–water partition coefficient (Wildman–Crippen LogP) is 5.38. The lowest BCUT2D eigenvalue weighted by Gasteiger charge is -2.15. The van der Waals surface area contributed by atoms with E-state index in [1.807, 2.05) is 37.3 Å². The average Bonchev–Trinajstić information content (AvgIpc) is 2.65. The largest absolute Gasteiger partial charge is 0.352 e. The van der Waals surface area contributed by atoms with Crippen molar-refractivity contribution in [2.24, 2.45) is 0 Å². The Morgan fingerprint density at radius 2 is 1.77 bits per heavy atom. The fourth-order valence-electron chi connectivity index (χ4n) is 2.39. The number of nitrogens with zero attached hydrogens (tertiary/aromatic N) is 2. The smallest absolute Gasteiger partial charge is 0.225 e. The molecule has 26 heavy (non-hydrogen) atoms. The zero-order valence-electron chi connectivity index (χ0n) is 14.6. The molecule has 0 bridgehead atoms. The van der Waals surface area contributed by atoms with Crippen LogP contribution in [-0.4, -0.2) is 16.0 Å². The zero-order chi connectivity index (χ0) is 18.5. The minimum absolute atomic E-state index is 0.0252. The molecule has 0 aliphatic heterocycles. The second-order valence-electron chi connectivity index (χ2n) is 6.03. The molecule has 0 saturated carbocycles. The van der Waals surface area contributed by atoms with Crippen LogP contribution < -0.4 is 10.6 Å². The lowest BCUT2D eigenvalue weighted by Crippen LogP contribution is -2.16. The fourth-order valence-corrected chi connectivity index (χ4v) is 2.39. The van der Waals surface area contributed by atoms with Crippen molar-refractivity contribution in [1.82, 2.24) is 9.97 Å². The summed E-state index contributed by atoms with van der Waals surface area (Å²) in [4.78, 5) is 8.93. The van der Waals surface area contributed by atoms with E-state index in [1.54, 1.807) is 6.07 Å². The molecule has 0 fully saturated rings. The van der Waals surface area contributed by atoms with Gasteiger partial charge in [-0.05, 0) is 25.5 Å². The molecule has 3 rings (SSSR count). The van der Waals surface area contributed by atoms with Crippen LogP contribution in [0, 0.1) is 11.6 Å². The number of hydrogen-bond acceptors (Lipinski definition) is 4. The van der Waals surface area contributed by atoms with Crippen molar-refractivity contribution in [3.05, 3.63) is 66.2 Å². The third-order valence-electron chi connectivity index (χ3n) is 3.97. The van der Waals surface area contributed by atoms with Crippen LogP contribution in [0.3, 0.4) is 0 Å². The third kappa shape index (κ3) is 4.33. The molecule has 3 aromatic rings. The van der Waals surface area contributed by atoms with E-state index in [1.165, 1.54) is 0 Å². The van der Waals surface area contributed by atoms with Crippen molar-refractivity contribution < 1.29 is 8.78 Å². The second kappa shape index (κ2) is 7.91. The molecule has 1 heterocycles. The minimum atomic E-state index is -0.553. The number of rotatable bonds is 6. The SMILES string of the molecule is CC[C@@H](C)Nc1nc(Nc2cc(F)ccc2F)cc(-c2ccccc2)n1. The molecule has 2 N–H and O–H groups in total. The summed E-state index contributed by atoms with van der Waals surface area (Å²) < 4.78 is 27.4. The summed E-state index contributed by atoms with van der Waals surface area (Å²) in [6, 6.07) is 14.8. The van der Waals surface area contributed by atoms with Gasteiger partial charge in [0.2, 0.25) is 5.95 Å². The normalized spacial score (nSPS) is 11.8. The van der Waals surface area contributed by atoms with Gasteiger partial charge in [-0.15, -0.1) is 0 Å². The predicted molar refractivity (Wildman–Crippen MR) is 100 cm³/mol. The third-order valence-corrected chi connectivity index (χ3v) is 3.97. The number of hydrogen-bond donors (Lipinski definition) is 2. The van der Waals surface area contributed by atoms with Crippen LogP contribution in [0.5, 0.6) is 0 Å². The van der Waals surface area contributed by atoms with Gasteiger partial charge in [0.05, 0.1) is 11.4 Å². The highest BCUT2D eigenvalue weighted by Crippen LogP contribution is 2.25. The van der Waals surface area contributed by atoms with Gasteiger partial charge in [0.15, 0.2) is 0 Å². The molecule has 0 aliphatic carbocycles. The van der Waals surface area contributed by atoms with Crippen molar-refractivity contribution in [3.63, 3.8) is 0 Å². The number of halogens is 2. The monoisotopic (exact) mass is 354 g/mol. The van der Waals surface area contributed by atoms with Crippen LogP contribution in [-0.2, 0) is 0 Å². The molecule has 1 atom stereocenters. The maximum absolute atomic E-state index is 14.0. The Morgan fingerprint density at radius 1 is 1.00 bits per heavy atom. The van der Waals surface area contributed by atoms with E-state index in [-0.39, 0.29) is 11.7 Å². The van der Waals surface area contributed by atoms with Gasteiger partial charge in [0.1, 0.15) is 17.5 Å². The van der Waals surface area contributed by atoms with E-state index in [4.69, 9.17) is 0 Å². The second-order valence-corrected chi connectivity index (χ2v) is 6.03. The Labute approximate surface area is 151 Å². The molecular weight excluding hydrogens is 334 g/mol. The van der Waals surface area contributed by atoms with Gasteiger partial charge in [0, 0.05) is 23.7 Å². The van der Waals surface area contributed by atoms with Gasteiger partial charge in [-0.2, -0.15) is 4.98 Å². The van der Waals surface area contributed by atoms with Gasteiger partial charge in [0.25, 0.3) is 0 Å². The Hall–Kier alpha value is -3.02. The first-order valence-corrected chi connectivity index (χ1v) is 8.48. The summed E-state index contributed by atoms with van der Waals surface area (Å²) in [5.41, 5.74) is 1.62. The summed E-state index contributed by atoms with van der Waals surface area (Å²) >= 11 is 0. The topological polar surface area (TPSA) is 49.8 Å². The molecule has 6 heteroatoms. The number of anilines is 3. The Bertz CT molecular complexity index is 884. The van der Waals surface area contributed by atoms with Crippen molar-refractivity contribution in [2.45, 2.75) is 26.3 Å². The van der Waals surface area contributed by atoms with Crippen LogP contribution in [0.25, 0.3) is 11.3 Å². The summed E-state index contributed by atoms with van der Waals surface area (Å²) in [7, 11) is 0. The molecule has 1 aromatic heterocycles. The van der Waals surface area contributed by atoms with Crippen LogP contribution >= 0.6 is 0 Å². The Balaban J connectivity index is 2.00. The van der Waals surface area contributed by atoms with Crippen molar-refractivity contribution >= 4 is 17.5 Å². The van der Waals surface area contributed by atoms with Gasteiger partial charge in [-0.1, -0.05) is 37.3 Å². The van der Waals surface area contributed by atoms with Crippen molar-refractivity contribution in [2.75, 3.05) is 10.6 Å². The summed E-state index contributed by atoms with van der Waals surface area (Å²) in [6.45, 7) is 4.08. The quantitative estimate of drug-likeness (QED) is 0.624. The van der Waals surface area contributed by atoms with Crippen LogP contribution in [0.2, 0.25) is 0 Å². The van der Waals surface area contributed by atoms with E-state index >= 15 is 0 Å². The van der Waals surface area contributed by atoms with Crippen LogP contribution in [0.4, 0.5) is 26.2 Å². The molecule has 0 amide bonds. The maximum atomic E-state index is 14.0. The Kier molecular flexibility index (Phi) is 5.41. The molecule has 4 nitrogen and oxygen atoms in total. The van der Waals surface area contributed by atoms with Gasteiger partial charge < -0.3 is 10.6 Å². The van der Waals surface area contributed by atoms with E-state index in [0.29, 0.717) is 17.5 Å². The highest BCUT2D eigenvalue weighted by Gasteiger charge is 2.11. The molecule has 0 spiro atoms. The van der Waals surface area contributed by atoms with E-state index < -0.39 is 11.6 Å². The number of aromatic nitrogens is 2. The van der Waals surface area contributed by atoms with Crippen LogP contribution in [0.1, 0.15) is 20.3 Å². The first-order valence-electron chi connectivity index (χ1n) is 8.48. The van der Waals surface area contributed by atoms with Crippen molar-refractivity contribution in [1.29, 1.82) is 0 Å². The molecule has 134 valence electrons. The van der Waals surface area contributed by atoms with E-state index in [2.05, 4.69) is 27.5 Å². The number of nitrogens with one attached hydrogen (secondary N) is 2. The summed E-state index contributed by atoms with van der Waals surface area (Å²) in [5.74, 6) is -0.263. The summed E-state index contributed by atoms with van der Waals surface area (Å²) in [6.07, 6.45) is 0.903. The molecule has 0 unspecified atom stereocenters. The zero-order valence-corrected chi connectivity index (χ0v) is 14.6. The lowest BCUT2D eigenvalue weighted by atomic mass is 10.1. The number of benzene rings is 2. The van der Waals surface area contributed by atoms with E-state index in [0.717, 1.165) is 30.2 Å². The highest BCUT2D eigenvalue weighted by atomic mass is 19.1. The van der Waals surface area contributed by atoms with Gasteiger partial charge in [-0.3, -0.25) is 0 Å². The molecule has 0 radical (unpaired) electrons. The minimum Gasteiger partial charge on any atom is -0.352 e. The molecular formula is C20H20F2N4. The Morgan fingerprint density at radius 3 is 2.50 bits per heavy atom. The molecule has 2 aromatic carbocycles. The standard InChI is InChI=1S/C20H20F2N4/c1-3-13(2)23-20-25-17(14-7-5-4-6-8-14)12-19(26-20)24-18-11-15(21)9-10-16(18)22/h4-13H,3H2,1-2H3,(H2,23,24,25,26)/t13-/m1/s1. The van der Waals surface area contributed by atoms with E-state index in [9.17, 15) is 8.78 Å².